The van der Waals surface area contributed by atoms with Gasteiger partial charge in [-0.15, -0.1) is 0 Å². The van der Waals surface area contributed by atoms with Crippen LogP contribution in [0.3, 0.4) is 0 Å². The van der Waals surface area contributed by atoms with Crippen molar-refractivity contribution in [2.45, 2.75) is 45.4 Å². The normalized spacial score (nSPS) is 27.7. The lowest BCUT2D eigenvalue weighted by molar-refractivity contribution is -0.156. The Morgan fingerprint density at radius 1 is 0.889 bits per heavy atom. The number of esters is 1. The van der Waals surface area contributed by atoms with Gasteiger partial charge in [-0.3, -0.25) is 24.0 Å². The first-order valence-corrected chi connectivity index (χ1v) is 12.1. The van der Waals surface area contributed by atoms with Gasteiger partial charge in [0.15, 0.2) is 0 Å². The van der Waals surface area contributed by atoms with Gasteiger partial charge in [0.05, 0.1) is 36.9 Å². The van der Waals surface area contributed by atoms with Crippen LogP contribution in [0.2, 0.25) is 0 Å². The van der Waals surface area contributed by atoms with Gasteiger partial charge >= 0.3 is 17.9 Å². The van der Waals surface area contributed by atoms with E-state index in [9.17, 15) is 34.2 Å². The molecule has 1 amide bonds. The SMILES string of the molecule is CCOC(=O)C1CCC(C(=O)O)C(CONCCNC(=O)C2CC(C(=O)C#CO)CCC2C(=O)O)C1. The summed E-state index contributed by atoms with van der Waals surface area (Å²) in [5.41, 5.74) is 2.66. The fourth-order valence-corrected chi connectivity index (χ4v) is 5.00. The summed E-state index contributed by atoms with van der Waals surface area (Å²) < 4.78 is 5.05. The van der Waals surface area contributed by atoms with Gasteiger partial charge in [0.1, 0.15) is 6.11 Å². The maximum Gasteiger partial charge on any atom is 0.308 e. The third-order valence-electron chi connectivity index (χ3n) is 6.90. The van der Waals surface area contributed by atoms with E-state index < -0.39 is 47.3 Å². The van der Waals surface area contributed by atoms with Gasteiger partial charge in [0, 0.05) is 24.9 Å². The van der Waals surface area contributed by atoms with Crippen LogP contribution in [0, 0.1) is 47.5 Å². The number of ether oxygens (including phenoxy) is 1. The maximum atomic E-state index is 12.6. The minimum absolute atomic E-state index is 0.0279. The second-order valence-corrected chi connectivity index (χ2v) is 9.13. The van der Waals surface area contributed by atoms with Crippen molar-refractivity contribution in [1.29, 1.82) is 0 Å². The molecule has 0 radical (unpaired) electrons. The Morgan fingerprint density at radius 3 is 2.19 bits per heavy atom. The van der Waals surface area contributed by atoms with Crippen LogP contribution in [-0.4, -0.2) is 71.2 Å². The van der Waals surface area contributed by atoms with Crippen molar-refractivity contribution in [2.75, 3.05) is 26.3 Å². The van der Waals surface area contributed by atoms with Crippen molar-refractivity contribution in [2.24, 2.45) is 35.5 Å². The number of amides is 1. The Labute approximate surface area is 209 Å². The number of aliphatic carboxylic acids is 2. The summed E-state index contributed by atoms with van der Waals surface area (Å²) in [6.45, 7) is 2.30. The molecule has 2 aliphatic carbocycles. The summed E-state index contributed by atoms with van der Waals surface area (Å²) in [5.74, 6) is -5.24. The van der Waals surface area contributed by atoms with Gasteiger partial charge < -0.3 is 30.2 Å². The Bertz CT molecular complexity index is 880. The molecule has 0 spiro atoms. The van der Waals surface area contributed by atoms with Crippen LogP contribution < -0.4 is 10.8 Å². The summed E-state index contributed by atoms with van der Waals surface area (Å²) >= 11 is 0. The number of carboxylic acid groups (broad SMARTS) is 2. The molecule has 2 rings (SSSR count). The number of hydrogen-bond donors (Lipinski definition) is 5. The molecule has 6 atom stereocenters. The van der Waals surface area contributed by atoms with Crippen molar-refractivity contribution in [3.8, 4) is 12.0 Å². The highest BCUT2D eigenvalue weighted by Gasteiger charge is 2.41. The Balaban J connectivity index is 1.80. The zero-order chi connectivity index (χ0) is 26.7. The zero-order valence-electron chi connectivity index (χ0n) is 20.2. The zero-order valence-corrected chi connectivity index (χ0v) is 20.2. The highest BCUT2D eigenvalue weighted by Crippen LogP contribution is 2.36. The quantitative estimate of drug-likeness (QED) is 0.105. The summed E-state index contributed by atoms with van der Waals surface area (Å²) in [7, 11) is 0. The van der Waals surface area contributed by atoms with E-state index in [4.69, 9.17) is 14.7 Å². The summed E-state index contributed by atoms with van der Waals surface area (Å²) in [6, 6.07) is 0. The van der Waals surface area contributed by atoms with Crippen LogP contribution in [-0.2, 0) is 33.5 Å². The van der Waals surface area contributed by atoms with E-state index in [2.05, 4.69) is 10.8 Å². The highest BCUT2D eigenvalue weighted by atomic mass is 16.6. The number of hydrogen-bond acceptors (Lipinski definition) is 9. The lowest BCUT2D eigenvalue weighted by Gasteiger charge is -2.32. The smallest absolute Gasteiger partial charge is 0.308 e. The molecule has 2 saturated carbocycles. The van der Waals surface area contributed by atoms with Crippen molar-refractivity contribution in [3.63, 3.8) is 0 Å². The van der Waals surface area contributed by atoms with Crippen LogP contribution in [0.15, 0.2) is 0 Å². The van der Waals surface area contributed by atoms with Gasteiger partial charge in [0.25, 0.3) is 0 Å². The molecule has 0 saturated heterocycles. The maximum absolute atomic E-state index is 12.6. The Hall–Kier alpha value is -3.17. The molecule has 0 aromatic heterocycles. The Morgan fingerprint density at radius 2 is 1.56 bits per heavy atom. The van der Waals surface area contributed by atoms with Crippen molar-refractivity contribution >= 4 is 29.6 Å². The molecule has 36 heavy (non-hydrogen) atoms. The molecule has 6 unspecified atom stereocenters. The minimum atomic E-state index is -1.11. The molecule has 0 aromatic carbocycles. The van der Waals surface area contributed by atoms with Crippen LogP contribution in [0.4, 0.5) is 0 Å². The predicted molar refractivity (Wildman–Crippen MR) is 122 cm³/mol. The molecule has 2 fully saturated rings. The first-order valence-electron chi connectivity index (χ1n) is 12.1. The second-order valence-electron chi connectivity index (χ2n) is 9.13. The average Bonchev–Trinajstić information content (AvgIpc) is 2.85. The first kappa shape index (κ1) is 29.1. The number of carbonyl (C=O) groups is 5. The summed E-state index contributed by atoms with van der Waals surface area (Å²) in [5, 5.41) is 30.2. The van der Waals surface area contributed by atoms with Crippen LogP contribution in [0.25, 0.3) is 0 Å². The molecule has 0 heterocycles. The lowest BCUT2D eigenvalue weighted by Crippen LogP contribution is -2.44. The largest absolute Gasteiger partial charge is 0.481 e. The highest BCUT2D eigenvalue weighted by molar-refractivity contribution is 5.98. The number of Topliss-reactive ketones (excluding diaryl/α,β-unsaturated/α-hetero) is 1. The van der Waals surface area contributed by atoms with E-state index in [1.54, 1.807) is 13.0 Å². The third kappa shape index (κ3) is 8.20. The van der Waals surface area contributed by atoms with Crippen molar-refractivity contribution in [3.05, 3.63) is 0 Å². The second kappa shape index (κ2) is 14.4. The van der Waals surface area contributed by atoms with Crippen LogP contribution in [0.1, 0.15) is 45.4 Å². The van der Waals surface area contributed by atoms with Gasteiger partial charge in [-0.2, -0.15) is 0 Å². The van der Waals surface area contributed by atoms with E-state index in [-0.39, 0.29) is 63.4 Å². The van der Waals surface area contributed by atoms with Gasteiger partial charge in [-0.25, -0.2) is 5.48 Å². The molecule has 12 heteroatoms. The molecule has 0 aromatic rings. The number of aliphatic hydroxyl groups excluding tert-OH is 1. The average molecular weight is 511 g/mol. The molecule has 200 valence electrons. The van der Waals surface area contributed by atoms with E-state index in [1.807, 2.05) is 5.92 Å². The third-order valence-corrected chi connectivity index (χ3v) is 6.90. The molecule has 0 bridgehead atoms. The molecule has 0 aliphatic heterocycles. The van der Waals surface area contributed by atoms with Crippen LogP contribution in [0.5, 0.6) is 0 Å². The van der Waals surface area contributed by atoms with Gasteiger partial charge in [0.2, 0.25) is 11.7 Å². The minimum Gasteiger partial charge on any atom is -0.481 e. The molecular weight excluding hydrogens is 476 g/mol. The fraction of sp³-hybridized carbons (Fsp3) is 0.708. The number of aliphatic hydroxyl groups is 1. The van der Waals surface area contributed by atoms with E-state index in [0.29, 0.717) is 19.3 Å². The number of nitrogens with one attached hydrogen (secondary N) is 2. The first-order chi connectivity index (χ1) is 17.2. The molecule has 5 N–H and O–H groups in total. The number of hydroxylamine groups is 1. The lowest BCUT2D eigenvalue weighted by atomic mass is 9.72. The summed E-state index contributed by atoms with van der Waals surface area (Å²) in [4.78, 5) is 65.2. The topological polar surface area (TPSA) is 189 Å². The van der Waals surface area contributed by atoms with E-state index >= 15 is 0 Å². The fourth-order valence-electron chi connectivity index (χ4n) is 5.00. The number of carbonyl (C=O) groups excluding carboxylic acids is 3. The van der Waals surface area contributed by atoms with E-state index in [0.717, 1.165) is 0 Å². The van der Waals surface area contributed by atoms with Gasteiger partial charge in [-0.05, 0) is 51.4 Å². The van der Waals surface area contributed by atoms with Crippen molar-refractivity contribution in [1.82, 2.24) is 10.8 Å². The number of carboxylic acids is 2. The van der Waals surface area contributed by atoms with Crippen molar-refractivity contribution < 1.29 is 48.9 Å². The monoisotopic (exact) mass is 510 g/mol. The number of rotatable bonds is 12. The number of ketones is 1. The molecular formula is C24H34N2O10. The molecule has 12 nitrogen and oxygen atoms in total. The van der Waals surface area contributed by atoms with E-state index in [1.165, 1.54) is 0 Å². The Kier molecular flexibility index (Phi) is 11.6. The standard InChI is InChI=1S/C24H34N2O10/c1-2-35-24(34)15-4-5-17(22(30)31)16(11-15)13-36-26-9-8-25-21(29)19-12-14(20(28)7-10-27)3-6-18(19)23(32)33/h14-19,26-27H,2-6,8-9,11-13H2,1H3,(H,25,29)(H,30,31)(H,32,33). The summed E-state index contributed by atoms with van der Waals surface area (Å²) in [6.07, 6.45) is 3.14. The van der Waals surface area contributed by atoms with Crippen LogP contribution >= 0.6 is 0 Å². The molecule has 2 aliphatic rings. The predicted octanol–water partition coefficient (Wildman–Crippen LogP) is 0.324. The van der Waals surface area contributed by atoms with Gasteiger partial charge in [-0.1, -0.05) is 0 Å².